The Morgan fingerprint density at radius 3 is 2.20 bits per heavy atom. The first-order valence-electron chi connectivity index (χ1n) is 6.60. The minimum Gasteiger partial charge on any atom is -0.508 e. The fraction of sp³-hybridized carbons (Fsp3) is 0.111. The van der Waals surface area contributed by atoms with Gasteiger partial charge in [-0.1, -0.05) is 36.4 Å². The van der Waals surface area contributed by atoms with Gasteiger partial charge >= 0.3 is 0 Å². The second-order valence-corrected chi connectivity index (χ2v) is 4.85. The van der Waals surface area contributed by atoms with Crippen LogP contribution in [-0.4, -0.2) is 12.2 Å². The first-order chi connectivity index (χ1) is 9.76. The van der Waals surface area contributed by atoms with Crippen LogP contribution in [0.2, 0.25) is 0 Å². The van der Waals surface area contributed by atoms with Gasteiger partial charge in [-0.3, -0.25) is 0 Å². The van der Waals surface area contributed by atoms with E-state index in [0.29, 0.717) is 12.2 Å². The second kappa shape index (κ2) is 5.25. The van der Waals surface area contributed by atoms with Crippen LogP contribution in [0.5, 0.6) is 11.5 Å². The van der Waals surface area contributed by atoms with Gasteiger partial charge in [0.2, 0.25) is 0 Å². The molecule has 0 radical (unpaired) electrons. The monoisotopic (exact) mass is 264 g/mol. The number of fused-ring (bicyclic) bond motifs is 1. The Morgan fingerprint density at radius 2 is 1.55 bits per heavy atom. The minimum absolute atomic E-state index is 0.347. The number of ether oxygens (including phenoxy) is 1. The third-order valence-electron chi connectivity index (χ3n) is 3.50. The predicted octanol–water partition coefficient (Wildman–Crippen LogP) is 4.14. The molecule has 20 heavy (non-hydrogen) atoms. The molecule has 0 saturated heterocycles. The average Bonchev–Trinajstić information content (AvgIpc) is 2.49. The molecule has 100 valence electrons. The van der Waals surface area contributed by atoms with Crippen LogP contribution < -0.4 is 4.74 Å². The van der Waals surface area contributed by atoms with Crippen molar-refractivity contribution in [3.63, 3.8) is 0 Å². The van der Waals surface area contributed by atoms with Gasteiger partial charge in [0.1, 0.15) is 11.5 Å². The van der Waals surface area contributed by atoms with Crippen molar-refractivity contribution in [2.45, 2.75) is 6.42 Å². The molecule has 0 heterocycles. The van der Waals surface area contributed by atoms with Crippen molar-refractivity contribution in [3.05, 3.63) is 71.8 Å². The van der Waals surface area contributed by atoms with Crippen molar-refractivity contribution in [2.24, 2.45) is 0 Å². The lowest BCUT2D eigenvalue weighted by molar-refractivity contribution is 0.414. The molecule has 0 aromatic heterocycles. The summed E-state index contributed by atoms with van der Waals surface area (Å²) in [7, 11) is 1.66. The topological polar surface area (TPSA) is 29.5 Å². The Bertz CT molecular complexity index is 730. The zero-order valence-electron chi connectivity index (χ0n) is 11.3. The van der Waals surface area contributed by atoms with Crippen LogP contribution in [0.3, 0.4) is 0 Å². The molecule has 3 aromatic carbocycles. The highest BCUT2D eigenvalue weighted by Crippen LogP contribution is 2.27. The highest BCUT2D eigenvalue weighted by atomic mass is 16.5. The van der Waals surface area contributed by atoms with E-state index in [1.54, 1.807) is 7.11 Å². The molecule has 0 saturated carbocycles. The Kier molecular flexibility index (Phi) is 3.30. The van der Waals surface area contributed by atoms with Crippen LogP contribution in [0.25, 0.3) is 10.8 Å². The van der Waals surface area contributed by atoms with Crippen molar-refractivity contribution < 1.29 is 9.84 Å². The van der Waals surface area contributed by atoms with Crippen LogP contribution in [0.1, 0.15) is 11.1 Å². The molecule has 2 heteroatoms. The Morgan fingerprint density at radius 1 is 0.900 bits per heavy atom. The van der Waals surface area contributed by atoms with E-state index in [0.717, 1.165) is 27.6 Å². The van der Waals surface area contributed by atoms with Crippen molar-refractivity contribution in [1.82, 2.24) is 0 Å². The Hall–Kier alpha value is -2.48. The smallest absolute Gasteiger partial charge is 0.119 e. The van der Waals surface area contributed by atoms with E-state index in [1.807, 2.05) is 48.5 Å². The van der Waals surface area contributed by atoms with Crippen LogP contribution in [-0.2, 0) is 6.42 Å². The van der Waals surface area contributed by atoms with Crippen LogP contribution in [0.15, 0.2) is 60.7 Å². The highest BCUT2D eigenvalue weighted by Gasteiger charge is 2.05. The number of methoxy groups -OCH3 is 1. The molecule has 1 N–H and O–H groups in total. The van der Waals surface area contributed by atoms with Gasteiger partial charge in [0.25, 0.3) is 0 Å². The summed E-state index contributed by atoms with van der Waals surface area (Å²) in [5.41, 5.74) is 2.09. The zero-order valence-corrected chi connectivity index (χ0v) is 11.3. The lowest BCUT2D eigenvalue weighted by atomic mass is 10.00. The van der Waals surface area contributed by atoms with E-state index >= 15 is 0 Å². The van der Waals surface area contributed by atoms with Gasteiger partial charge in [-0.05, 0) is 46.2 Å². The van der Waals surface area contributed by atoms with Gasteiger partial charge < -0.3 is 9.84 Å². The van der Waals surface area contributed by atoms with Crippen molar-refractivity contribution >= 4 is 10.8 Å². The fourth-order valence-corrected chi connectivity index (χ4v) is 2.38. The van der Waals surface area contributed by atoms with E-state index < -0.39 is 0 Å². The number of benzene rings is 3. The molecule has 0 atom stereocenters. The maximum absolute atomic E-state index is 10.1. The first-order valence-corrected chi connectivity index (χ1v) is 6.60. The maximum atomic E-state index is 10.1. The number of aromatic hydroxyl groups is 1. The molecule has 0 aliphatic rings. The zero-order chi connectivity index (χ0) is 13.9. The van der Waals surface area contributed by atoms with Crippen molar-refractivity contribution in [2.75, 3.05) is 7.11 Å². The lowest BCUT2D eigenvalue weighted by Gasteiger charge is -2.08. The van der Waals surface area contributed by atoms with Crippen LogP contribution in [0, 0.1) is 0 Å². The minimum atomic E-state index is 0.347. The summed E-state index contributed by atoms with van der Waals surface area (Å²) in [6, 6.07) is 19.9. The van der Waals surface area contributed by atoms with Gasteiger partial charge in [-0.25, -0.2) is 0 Å². The highest BCUT2D eigenvalue weighted by molar-refractivity contribution is 5.85. The third-order valence-corrected chi connectivity index (χ3v) is 3.50. The summed E-state index contributed by atoms with van der Waals surface area (Å²) < 4.78 is 5.15. The molecule has 2 nitrogen and oxygen atoms in total. The Balaban J connectivity index is 1.94. The number of hydrogen-bond donors (Lipinski definition) is 1. The summed E-state index contributed by atoms with van der Waals surface area (Å²) in [6.45, 7) is 0. The summed E-state index contributed by atoms with van der Waals surface area (Å²) in [4.78, 5) is 0. The molecular weight excluding hydrogens is 248 g/mol. The van der Waals surface area contributed by atoms with E-state index in [-0.39, 0.29) is 0 Å². The van der Waals surface area contributed by atoms with Gasteiger partial charge in [-0.15, -0.1) is 0 Å². The molecule has 0 unspecified atom stereocenters. The van der Waals surface area contributed by atoms with Gasteiger partial charge in [0, 0.05) is 6.42 Å². The number of phenolic OH excluding ortho intramolecular Hbond substituents is 1. The van der Waals surface area contributed by atoms with Gasteiger partial charge in [0.05, 0.1) is 7.11 Å². The van der Waals surface area contributed by atoms with Gasteiger partial charge in [-0.2, -0.15) is 0 Å². The maximum Gasteiger partial charge on any atom is 0.119 e. The molecule has 3 aromatic rings. The first kappa shape index (κ1) is 12.5. The predicted molar refractivity (Wildman–Crippen MR) is 81.4 cm³/mol. The molecule has 0 aliphatic heterocycles. The molecular formula is C18H16O2. The summed E-state index contributed by atoms with van der Waals surface area (Å²) >= 11 is 0. The summed E-state index contributed by atoms with van der Waals surface area (Å²) in [5, 5.41) is 12.4. The largest absolute Gasteiger partial charge is 0.508 e. The molecule has 3 rings (SSSR count). The second-order valence-electron chi connectivity index (χ2n) is 4.85. The molecule has 0 amide bonds. The Labute approximate surface area is 118 Å². The van der Waals surface area contributed by atoms with Gasteiger partial charge in [0.15, 0.2) is 0 Å². The fourth-order valence-electron chi connectivity index (χ4n) is 2.38. The number of phenols is 1. The number of hydrogen-bond acceptors (Lipinski definition) is 2. The van der Waals surface area contributed by atoms with E-state index in [9.17, 15) is 5.11 Å². The molecule has 0 fully saturated rings. The standard InChI is InChI=1S/C18H16O2/c1-20-17-8-6-13(7-9-17)10-16-11-14-4-2-3-5-15(14)12-18(16)19/h2-9,11-12,19H,10H2,1H3. The SMILES string of the molecule is COc1ccc(Cc2cc3ccccc3cc2O)cc1. The van der Waals surface area contributed by atoms with Crippen LogP contribution >= 0.6 is 0 Å². The quantitative estimate of drug-likeness (QED) is 0.770. The van der Waals surface area contributed by atoms with E-state index in [1.165, 1.54) is 0 Å². The van der Waals surface area contributed by atoms with Crippen molar-refractivity contribution in [3.8, 4) is 11.5 Å². The molecule has 0 spiro atoms. The van der Waals surface area contributed by atoms with E-state index in [4.69, 9.17) is 4.74 Å². The summed E-state index contributed by atoms with van der Waals surface area (Å²) in [6.07, 6.45) is 0.709. The summed E-state index contributed by atoms with van der Waals surface area (Å²) in [5.74, 6) is 1.19. The average molecular weight is 264 g/mol. The number of rotatable bonds is 3. The molecule has 0 bridgehead atoms. The van der Waals surface area contributed by atoms with Crippen LogP contribution in [0.4, 0.5) is 0 Å². The van der Waals surface area contributed by atoms with E-state index in [2.05, 4.69) is 12.1 Å². The molecule has 0 aliphatic carbocycles. The van der Waals surface area contributed by atoms with Crippen molar-refractivity contribution in [1.29, 1.82) is 0 Å². The lowest BCUT2D eigenvalue weighted by Crippen LogP contribution is -1.90. The normalized spacial score (nSPS) is 10.7. The third kappa shape index (κ3) is 2.45.